The van der Waals surface area contributed by atoms with Crippen molar-refractivity contribution in [2.75, 3.05) is 18.5 Å². The Bertz CT molecular complexity index is 448. The SMILES string of the molecule is CC(CBr)CCCNC(=O)c1ccc2c(c1)CCO2. The molecule has 1 N–H and O–H groups in total. The van der Waals surface area contributed by atoms with Gasteiger partial charge in [-0.1, -0.05) is 22.9 Å². The van der Waals surface area contributed by atoms with E-state index in [9.17, 15) is 4.79 Å². The van der Waals surface area contributed by atoms with Crippen molar-refractivity contribution in [1.82, 2.24) is 5.32 Å². The van der Waals surface area contributed by atoms with Crippen molar-refractivity contribution in [3.05, 3.63) is 29.3 Å². The van der Waals surface area contributed by atoms with Crippen LogP contribution in [-0.4, -0.2) is 24.4 Å². The maximum atomic E-state index is 12.0. The lowest BCUT2D eigenvalue weighted by molar-refractivity contribution is 0.0952. The fraction of sp³-hybridized carbons (Fsp3) is 0.533. The quantitative estimate of drug-likeness (QED) is 0.644. The molecule has 1 aliphatic rings. The van der Waals surface area contributed by atoms with Gasteiger partial charge in [-0.15, -0.1) is 0 Å². The predicted molar refractivity (Wildman–Crippen MR) is 80.2 cm³/mol. The third kappa shape index (κ3) is 3.96. The normalized spacial score (nSPS) is 14.6. The molecule has 1 atom stereocenters. The van der Waals surface area contributed by atoms with Gasteiger partial charge in [0, 0.05) is 23.9 Å². The van der Waals surface area contributed by atoms with E-state index in [4.69, 9.17) is 4.74 Å². The molecule has 1 aliphatic heterocycles. The van der Waals surface area contributed by atoms with Crippen molar-refractivity contribution in [1.29, 1.82) is 0 Å². The Hall–Kier alpha value is -1.03. The van der Waals surface area contributed by atoms with E-state index in [-0.39, 0.29) is 5.91 Å². The van der Waals surface area contributed by atoms with Gasteiger partial charge in [-0.25, -0.2) is 0 Å². The Morgan fingerprint density at radius 2 is 2.37 bits per heavy atom. The summed E-state index contributed by atoms with van der Waals surface area (Å²) >= 11 is 3.46. The van der Waals surface area contributed by atoms with Gasteiger partial charge in [0.05, 0.1) is 6.61 Å². The standard InChI is InChI=1S/C15H20BrNO2/c1-11(10-16)3-2-7-17-15(18)13-4-5-14-12(9-13)6-8-19-14/h4-5,9,11H,2-3,6-8,10H2,1H3,(H,17,18). The van der Waals surface area contributed by atoms with Crippen LogP contribution in [0.2, 0.25) is 0 Å². The average molecular weight is 326 g/mol. The molecule has 0 radical (unpaired) electrons. The number of nitrogens with one attached hydrogen (secondary N) is 1. The predicted octanol–water partition coefficient (Wildman–Crippen LogP) is 3.16. The molecular formula is C15H20BrNO2. The highest BCUT2D eigenvalue weighted by atomic mass is 79.9. The van der Waals surface area contributed by atoms with Crippen LogP contribution in [-0.2, 0) is 6.42 Å². The fourth-order valence-electron chi connectivity index (χ4n) is 2.16. The van der Waals surface area contributed by atoms with Crippen molar-refractivity contribution in [2.45, 2.75) is 26.2 Å². The summed E-state index contributed by atoms with van der Waals surface area (Å²) in [5, 5.41) is 3.99. The van der Waals surface area contributed by atoms with Crippen LogP contribution < -0.4 is 10.1 Å². The fourth-order valence-corrected chi connectivity index (χ4v) is 2.48. The van der Waals surface area contributed by atoms with Gasteiger partial charge in [0.2, 0.25) is 0 Å². The van der Waals surface area contributed by atoms with Gasteiger partial charge in [0.25, 0.3) is 5.91 Å². The molecule has 0 spiro atoms. The highest BCUT2D eigenvalue weighted by Gasteiger charge is 2.14. The lowest BCUT2D eigenvalue weighted by atomic mass is 10.1. The minimum atomic E-state index is 0.0150. The smallest absolute Gasteiger partial charge is 0.251 e. The van der Waals surface area contributed by atoms with Crippen LogP contribution in [0.15, 0.2) is 18.2 Å². The minimum Gasteiger partial charge on any atom is -0.493 e. The summed E-state index contributed by atoms with van der Waals surface area (Å²) in [5.74, 6) is 1.60. The summed E-state index contributed by atoms with van der Waals surface area (Å²) in [7, 11) is 0. The van der Waals surface area contributed by atoms with Gasteiger partial charge in [-0.05, 0) is 42.5 Å². The monoisotopic (exact) mass is 325 g/mol. The largest absolute Gasteiger partial charge is 0.493 e. The van der Waals surface area contributed by atoms with Crippen molar-refractivity contribution in [3.63, 3.8) is 0 Å². The molecule has 1 heterocycles. The molecule has 104 valence electrons. The van der Waals surface area contributed by atoms with E-state index >= 15 is 0 Å². The molecule has 0 aromatic heterocycles. The first-order chi connectivity index (χ1) is 9.20. The Morgan fingerprint density at radius 3 is 3.16 bits per heavy atom. The number of hydrogen-bond donors (Lipinski definition) is 1. The molecule has 1 amide bonds. The third-order valence-corrected chi connectivity index (χ3v) is 4.48. The molecule has 2 rings (SSSR count). The molecule has 0 aliphatic carbocycles. The number of amides is 1. The summed E-state index contributed by atoms with van der Waals surface area (Å²) in [5.41, 5.74) is 1.87. The van der Waals surface area contributed by atoms with Crippen LogP contribution in [0, 0.1) is 5.92 Å². The van der Waals surface area contributed by atoms with Crippen LogP contribution in [0.25, 0.3) is 0 Å². The summed E-state index contributed by atoms with van der Waals surface area (Å²) in [4.78, 5) is 12.0. The summed E-state index contributed by atoms with van der Waals surface area (Å²) in [6.07, 6.45) is 3.05. The van der Waals surface area contributed by atoms with E-state index in [1.165, 1.54) is 0 Å². The number of ether oxygens (including phenoxy) is 1. The first kappa shape index (κ1) is 14.4. The highest BCUT2D eigenvalue weighted by molar-refractivity contribution is 9.09. The van der Waals surface area contributed by atoms with Gasteiger partial charge in [-0.3, -0.25) is 4.79 Å². The summed E-state index contributed by atoms with van der Waals surface area (Å²) < 4.78 is 5.43. The van der Waals surface area contributed by atoms with E-state index < -0.39 is 0 Å². The summed E-state index contributed by atoms with van der Waals surface area (Å²) in [6.45, 7) is 3.67. The first-order valence-electron chi connectivity index (χ1n) is 6.80. The van der Waals surface area contributed by atoms with E-state index in [1.54, 1.807) is 0 Å². The molecule has 1 aromatic rings. The molecule has 4 heteroatoms. The maximum absolute atomic E-state index is 12.0. The molecular weight excluding hydrogens is 306 g/mol. The zero-order chi connectivity index (χ0) is 13.7. The Balaban J connectivity index is 1.80. The third-order valence-electron chi connectivity index (χ3n) is 3.37. The number of halogens is 1. The molecule has 3 nitrogen and oxygen atoms in total. The zero-order valence-electron chi connectivity index (χ0n) is 11.2. The first-order valence-corrected chi connectivity index (χ1v) is 7.92. The van der Waals surface area contributed by atoms with E-state index in [0.29, 0.717) is 5.92 Å². The van der Waals surface area contributed by atoms with Crippen LogP contribution in [0.3, 0.4) is 0 Å². The second kappa shape index (κ2) is 6.94. The maximum Gasteiger partial charge on any atom is 0.251 e. The van der Waals surface area contributed by atoms with Crippen LogP contribution in [0.5, 0.6) is 5.75 Å². The second-order valence-electron chi connectivity index (χ2n) is 5.08. The number of carbonyl (C=O) groups excluding carboxylic acids is 1. The van der Waals surface area contributed by atoms with Crippen molar-refractivity contribution >= 4 is 21.8 Å². The number of alkyl halides is 1. The number of carbonyl (C=O) groups is 1. The molecule has 0 saturated carbocycles. The average Bonchev–Trinajstić information content (AvgIpc) is 2.90. The molecule has 19 heavy (non-hydrogen) atoms. The Morgan fingerprint density at radius 1 is 1.53 bits per heavy atom. The highest BCUT2D eigenvalue weighted by Crippen LogP contribution is 2.25. The number of rotatable bonds is 6. The minimum absolute atomic E-state index is 0.0150. The molecule has 0 fully saturated rings. The Labute approximate surface area is 122 Å². The molecule has 1 aromatic carbocycles. The van der Waals surface area contributed by atoms with Gasteiger partial charge >= 0.3 is 0 Å². The second-order valence-corrected chi connectivity index (χ2v) is 5.73. The van der Waals surface area contributed by atoms with Crippen molar-refractivity contribution in [3.8, 4) is 5.75 Å². The molecule has 1 unspecified atom stereocenters. The van der Waals surface area contributed by atoms with Gasteiger partial charge in [0.1, 0.15) is 5.75 Å². The van der Waals surface area contributed by atoms with Gasteiger partial charge < -0.3 is 10.1 Å². The molecule has 0 bridgehead atoms. The Kier molecular flexibility index (Phi) is 5.25. The van der Waals surface area contributed by atoms with E-state index in [1.807, 2.05) is 18.2 Å². The van der Waals surface area contributed by atoms with Crippen molar-refractivity contribution < 1.29 is 9.53 Å². The zero-order valence-corrected chi connectivity index (χ0v) is 12.8. The van der Waals surface area contributed by atoms with E-state index in [2.05, 4.69) is 28.2 Å². The van der Waals surface area contributed by atoms with Crippen LogP contribution in [0.1, 0.15) is 35.7 Å². The van der Waals surface area contributed by atoms with Gasteiger partial charge in [-0.2, -0.15) is 0 Å². The number of fused-ring (bicyclic) bond motifs is 1. The van der Waals surface area contributed by atoms with E-state index in [0.717, 1.165) is 54.6 Å². The van der Waals surface area contributed by atoms with Crippen molar-refractivity contribution in [2.24, 2.45) is 5.92 Å². The van der Waals surface area contributed by atoms with Gasteiger partial charge in [0.15, 0.2) is 0 Å². The van der Waals surface area contributed by atoms with Crippen LogP contribution >= 0.6 is 15.9 Å². The lowest BCUT2D eigenvalue weighted by Crippen LogP contribution is -2.24. The number of hydrogen-bond acceptors (Lipinski definition) is 2. The molecule has 0 saturated heterocycles. The lowest BCUT2D eigenvalue weighted by Gasteiger charge is -2.09. The number of benzene rings is 1. The summed E-state index contributed by atoms with van der Waals surface area (Å²) in [6, 6.07) is 5.67. The van der Waals surface area contributed by atoms with Crippen LogP contribution in [0.4, 0.5) is 0 Å². The topological polar surface area (TPSA) is 38.3 Å².